The Balaban J connectivity index is 1.71. The average Bonchev–Trinajstić information content (AvgIpc) is 3.08. The molecule has 0 fully saturated rings. The van der Waals surface area contributed by atoms with Gasteiger partial charge in [0.05, 0.1) is 27.7 Å². The van der Waals surface area contributed by atoms with Gasteiger partial charge in [0.2, 0.25) is 5.89 Å². The molecule has 134 valence electrons. The van der Waals surface area contributed by atoms with Crippen molar-refractivity contribution in [3.05, 3.63) is 62.4 Å². The van der Waals surface area contributed by atoms with Crippen molar-refractivity contribution in [1.82, 2.24) is 10.2 Å². The van der Waals surface area contributed by atoms with Crippen LogP contribution in [0.15, 0.2) is 45.3 Å². The fourth-order valence-corrected chi connectivity index (χ4v) is 3.07. The van der Waals surface area contributed by atoms with Crippen LogP contribution in [-0.4, -0.2) is 23.3 Å². The third-order valence-electron chi connectivity index (χ3n) is 3.33. The van der Waals surface area contributed by atoms with Crippen LogP contribution in [0.4, 0.5) is 0 Å². The smallest absolute Gasteiger partial charge is 0.337 e. The Bertz CT molecular complexity index is 962. The summed E-state index contributed by atoms with van der Waals surface area (Å²) >= 11 is 15.4. The summed E-state index contributed by atoms with van der Waals surface area (Å²) in [4.78, 5) is 11.5. The van der Waals surface area contributed by atoms with E-state index >= 15 is 0 Å². The predicted molar refractivity (Wildman–Crippen MR) is 99.6 cm³/mol. The first-order valence-corrected chi connectivity index (χ1v) is 8.81. The summed E-state index contributed by atoms with van der Waals surface area (Å²) in [5.74, 6) is 0.626. The SMILES string of the molecule is COC(=O)c1ccc(OCc2nnc(-c3ccc(Cl)cc3Cl)o2)c(Br)c1. The molecule has 3 aromatic rings. The number of halogens is 3. The maximum Gasteiger partial charge on any atom is 0.337 e. The van der Waals surface area contributed by atoms with Crippen LogP contribution in [-0.2, 0) is 11.3 Å². The molecule has 2 aromatic carbocycles. The normalized spacial score (nSPS) is 10.6. The molecule has 0 saturated heterocycles. The van der Waals surface area contributed by atoms with Gasteiger partial charge in [-0.3, -0.25) is 0 Å². The van der Waals surface area contributed by atoms with Gasteiger partial charge in [-0.25, -0.2) is 4.79 Å². The number of carbonyl (C=O) groups excluding carboxylic acids is 1. The number of aromatic nitrogens is 2. The van der Waals surface area contributed by atoms with E-state index < -0.39 is 5.97 Å². The molecule has 0 aliphatic carbocycles. The van der Waals surface area contributed by atoms with Gasteiger partial charge in [0, 0.05) is 5.02 Å². The highest BCUT2D eigenvalue weighted by molar-refractivity contribution is 9.10. The highest BCUT2D eigenvalue weighted by Gasteiger charge is 2.14. The van der Waals surface area contributed by atoms with Crippen molar-refractivity contribution in [1.29, 1.82) is 0 Å². The summed E-state index contributed by atoms with van der Waals surface area (Å²) < 4.78 is 16.5. The highest BCUT2D eigenvalue weighted by atomic mass is 79.9. The lowest BCUT2D eigenvalue weighted by Gasteiger charge is -2.07. The molecule has 3 rings (SSSR count). The molecule has 9 heteroatoms. The van der Waals surface area contributed by atoms with Gasteiger partial charge in [0.15, 0.2) is 6.61 Å². The summed E-state index contributed by atoms with van der Waals surface area (Å²) in [6.45, 7) is 0.0500. The molecule has 0 aliphatic heterocycles. The van der Waals surface area contributed by atoms with E-state index in [9.17, 15) is 4.79 Å². The third-order valence-corrected chi connectivity index (χ3v) is 4.50. The number of esters is 1. The highest BCUT2D eigenvalue weighted by Crippen LogP contribution is 2.30. The second-order valence-corrected chi connectivity index (χ2v) is 6.75. The molecule has 0 aliphatic rings. The van der Waals surface area contributed by atoms with Gasteiger partial charge in [0.25, 0.3) is 5.89 Å². The van der Waals surface area contributed by atoms with Crippen LogP contribution in [0, 0.1) is 0 Å². The Hall–Kier alpha value is -2.09. The molecule has 0 saturated carbocycles. The number of ether oxygens (including phenoxy) is 2. The van der Waals surface area contributed by atoms with E-state index in [0.717, 1.165) is 0 Å². The summed E-state index contributed by atoms with van der Waals surface area (Å²) in [7, 11) is 1.32. The molecule has 0 radical (unpaired) electrons. The lowest BCUT2D eigenvalue weighted by molar-refractivity contribution is 0.0600. The van der Waals surface area contributed by atoms with Crippen molar-refractivity contribution in [3.8, 4) is 17.2 Å². The number of methoxy groups -OCH3 is 1. The summed E-state index contributed by atoms with van der Waals surface area (Å²) in [6.07, 6.45) is 0. The molecule has 0 unspecified atom stereocenters. The number of carbonyl (C=O) groups is 1. The first-order valence-electron chi connectivity index (χ1n) is 7.26. The lowest BCUT2D eigenvalue weighted by Crippen LogP contribution is -2.02. The van der Waals surface area contributed by atoms with E-state index in [1.165, 1.54) is 7.11 Å². The Morgan fingerprint density at radius 2 is 2.00 bits per heavy atom. The number of nitrogens with zero attached hydrogens (tertiary/aromatic N) is 2. The van der Waals surface area contributed by atoms with Gasteiger partial charge in [-0.2, -0.15) is 0 Å². The van der Waals surface area contributed by atoms with Crippen LogP contribution in [0.3, 0.4) is 0 Å². The van der Waals surface area contributed by atoms with Crippen LogP contribution < -0.4 is 4.74 Å². The fourth-order valence-electron chi connectivity index (χ4n) is 2.09. The molecule has 26 heavy (non-hydrogen) atoms. The molecule has 6 nitrogen and oxygen atoms in total. The minimum absolute atomic E-state index is 0.0500. The van der Waals surface area contributed by atoms with Gasteiger partial charge in [-0.05, 0) is 52.3 Å². The van der Waals surface area contributed by atoms with Crippen molar-refractivity contribution in [3.63, 3.8) is 0 Å². The first kappa shape index (κ1) is 18.7. The second-order valence-electron chi connectivity index (χ2n) is 5.05. The van der Waals surface area contributed by atoms with Crippen LogP contribution in [0.5, 0.6) is 5.75 Å². The minimum atomic E-state index is -0.432. The van der Waals surface area contributed by atoms with E-state index in [2.05, 4.69) is 30.9 Å². The molecule has 1 aromatic heterocycles. The van der Waals surface area contributed by atoms with Crippen molar-refractivity contribution >= 4 is 45.1 Å². The Labute approximate surface area is 167 Å². The van der Waals surface area contributed by atoms with Gasteiger partial charge in [-0.15, -0.1) is 10.2 Å². The molecule has 0 atom stereocenters. The van der Waals surface area contributed by atoms with Crippen LogP contribution >= 0.6 is 39.1 Å². The average molecular weight is 458 g/mol. The van der Waals surface area contributed by atoms with E-state index in [-0.39, 0.29) is 18.4 Å². The van der Waals surface area contributed by atoms with Crippen molar-refractivity contribution in [2.24, 2.45) is 0 Å². The molecule has 0 spiro atoms. The van der Waals surface area contributed by atoms with Crippen molar-refractivity contribution in [2.45, 2.75) is 6.61 Å². The molecule has 1 heterocycles. The zero-order chi connectivity index (χ0) is 18.7. The Morgan fingerprint density at radius 1 is 1.19 bits per heavy atom. The molecular formula is C17H11BrCl2N2O4. The van der Waals surface area contributed by atoms with E-state index in [0.29, 0.717) is 31.4 Å². The topological polar surface area (TPSA) is 74.5 Å². The standard InChI is InChI=1S/C17H11BrCl2N2O4/c1-24-17(23)9-2-5-14(12(18)6-9)25-8-15-21-22-16(26-15)11-4-3-10(19)7-13(11)20/h2-7H,8H2,1H3. The molecule has 0 bridgehead atoms. The quantitative estimate of drug-likeness (QED) is 0.492. The number of benzene rings is 2. The monoisotopic (exact) mass is 456 g/mol. The summed E-state index contributed by atoms with van der Waals surface area (Å²) in [5.41, 5.74) is 0.989. The van der Waals surface area contributed by atoms with Gasteiger partial charge >= 0.3 is 5.97 Å². The summed E-state index contributed by atoms with van der Waals surface area (Å²) in [5, 5.41) is 8.83. The maximum absolute atomic E-state index is 11.5. The molecular weight excluding hydrogens is 447 g/mol. The maximum atomic E-state index is 11.5. The number of hydrogen-bond acceptors (Lipinski definition) is 6. The molecule has 0 amide bonds. The number of hydrogen-bond donors (Lipinski definition) is 0. The fraction of sp³-hybridized carbons (Fsp3) is 0.118. The van der Waals surface area contributed by atoms with Crippen LogP contribution in [0.2, 0.25) is 10.0 Å². The Morgan fingerprint density at radius 3 is 2.69 bits per heavy atom. The van der Waals surface area contributed by atoms with E-state index in [4.69, 9.17) is 32.4 Å². The largest absolute Gasteiger partial charge is 0.483 e. The van der Waals surface area contributed by atoms with Crippen molar-refractivity contribution < 1.29 is 18.7 Å². The summed E-state index contributed by atoms with van der Waals surface area (Å²) in [6, 6.07) is 9.82. The van der Waals surface area contributed by atoms with Gasteiger partial charge in [-0.1, -0.05) is 23.2 Å². The van der Waals surface area contributed by atoms with Gasteiger partial charge in [0.1, 0.15) is 5.75 Å². The lowest BCUT2D eigenvalue weighted by atomic mass is 10.2. The van der Waals surface area contributed by atoms with Gasteiger partial charge < -0.3 is 13.9 Å². The van der Waals surface area contributed by atoms with Crippen LogP contribution in [0.25, 0.3) is 11.5 Å². The third kappa shape index (κ3) is 4.17. The van der Waals surface area contributed by atoms with Crippen molar-refractivity contribution in [2.75, 3.05) is 7.11 Å². The predicted octanol–water partition coefficient (Wildman–Crippen LogP) is 5.17. The molecule has 0 N–H and O–H groups in total. The minimum Gasteiger partial charge on any atom is -0.483 e. The zero-order valence-electron chi connectivity index (χ0n) is 13.3. The zero-order valence-corrected chi connectivity index (χ0v) is 16.4. The first-order chi connectivity index (χ1) is 12.5. The van der Waals surface area contributed by atoms with E-state index in [1.807, 2.05) is 0 Å². The van der Waals surface area contributed by atoms with E-state index in [1.54, 1.807) is 36.4 Å². The second kappa shape index (κ2) is 8.07. The number of rotatable bonds is 5. The Kier molecular flexibility index (Phi) is 5.80. The van der Waals surface area contributed by atoms with Crippen LogP contribution in [0.1, 0.15) is 16.2 Å².